The van der Waals surface area contributed by atoms with E-state index >= 15 is 0 Å². The van der Waals surface area contributed by atoms with Gasteiger partial charge in [0.1, 0.15) is 18.4 Å². The summed E-state index contributed by atoms with van der Waals surface area (Å²) < 4.78 is 5.22. The molecule has 0 aliphatic heterocycles. The lowest BCUT2D eigenvalue weighted by Gasteiger charge is -2.11. The van der Waals surface area contributed by atoms with E-state index in [1.807, 2.05) is 12.1 Å². The van der Waals surface area contributed by atoms with Crippen LogP contribution in [-0.2, 0) is 11.2 Å². The molecule has 1 aromatic carbocycles. The normalized spacial score (nSPS) is 11.5. The van der Waals surface area contributed by atoms with Gasteiger partial charge in [-0.2, -0.15) is 0 Å². The van der Waals surface area contributed by atoms with Gasteiger partial charge in [0.2, 0.25) is 0 Å². The van der Waals surface area contributed by atoms with Gasteiger partial charge in [0.25, 0.3) is 0 Å². The average Bonchev–Trinajstić information content (AvgIpc) is 2.34. The third-order valence-corrected chi connectivity index (χ3v) is 2.33. The van der Waals surface area contributed by atoms with Crippen LogP contribution in [0.4, 0.5) is 0 Å². The summed E-state index contributed by atoms with van der Waals surface area (Å²) >= 11 is 0. The standard InChI is InChI=1S/C13H15NO3/c1-3-8-17-11-6-4-10(5-7-11)9-12(14-2)13(15)16/h1,4-7,12,14H,8-9H2,2H3,(H,15,16)/t12-/m0/s1. The second-order valence-electron chi connectivity index (χ2n) is 3.52. The molecule has 17 heavy (non-hydrogen) atoms. The predicted octanol–water partition coefficient (Wildman–Crippen LogP) is 0.914. The minimum atomic E-state index is -0.861. The van der Waals surface area contributed by atoms with Crippen LogP contribution in [0.1, 0.15) is 5.56 Å². The van der Waals surface area contributed by atoms with Crippen LogP contribution in [0.3, 0.4) is 0 Å². The third kappa shape index (κ3) is 4.17. The number of terminal acetylenes is 1. The second kappa shape index (κ2) is 6.56. The molecule has 0 saturated carbocycles. The number of rotatable bonds is 6. The summed E-state index contributed by atoms with van der Waals surface area (Å²) in [5, 5.41) is 11.6. The van der Waals surface area contributed by atoms with Gasteiger partial charge < -0.3 is 15.2 Å². The molecule has 1 rings (SSSR count). The molecule has 1 aromatic rings. The fraction of sp³-hybridized carbons (Fsp3) is 0.308. The fourth-order valence-corrected chi connectivity index (χ4v) is 1.40. The second-order valence-corrected chi connectivity index (χ2v) is 3.52. The molecular weight excluding hydrogens is 218 g/mol. The Balaban J connectivity index is 2.61. The zero-order valence-corrected chi connectivity index (χ0v) is 9.64. The lowest BCUT2D eigenvalue weighted by atomic mass is 10.1. The highest BCUT2D eigenvalue weighted by Crippen LogP contribution is 2.13. The number of carbonyl (C=O) groups is 1. The van der Waals surface area contributed by atoms with Crippen molar-refractivity contribution in [3.8, 4) is 18.1 Å². The SMILES string of the molecule is C#CCOc1ccc(C[C@H](NC)C(=O)O)cc1. The van der Waals surface area contributed by atoms with Crippen molar-refractivity contribution < 1.29 is 14.6 Å². The lowest BCUT2D eigenvalue weighted by Crippen LogP contribution is -2.35. The molecule has 0 radical (unpaired) electrons. The van der Waals surface area contributed by atoms with E-state index in [9.17, 15) is 4.79 Å². The van der Waals surface area contributed by atoms with E-state index in [4.69, 9.17) is 16.3 Å². The number of carboxylic acids is 1. The molecule has 0 saturated heterocycles. The molecule has 90 valence electrons. The van der Waals surface area contributed by atoms with E-state index in [1.165, 1.54) is 0 Å². The van der Waals surface area contributed by atoms with Crippen LogP contribution in [0.5, 0.6) is 5.75 Å². The van der Waals surface area contributed by atoms with Gasteiger partial charge in [-0.15, -0.1) is 6.42 Å². The van der Waals surface area contributed by atoms with Crippen molar-refractivity contribution in [3.63, 3.8) is 0 Å². The number of likely N-dealkylation sites (N-methyl/N-ethyl adjacent to an activating group) is 1. The first kappa shape index (κ1) is 13.1. The Kier molecular flexibility index (Phi) is 5.05. The third-order valence-electron chi connectivity index (χ3n) is 2.33. The van der Waals surface area contributed by atoms with Gasteiger partial charge in [0.15, 0.2) is 0 Å². The van der Waals surface area contributed by atoms with Crippen molar-refractivity contribution in [2.75, 3.05) is 13.7 Å². The summed E-state index contributed by atoms with van der Waals surface area (Å²) in [6, 6.07) is 6.65. The van der Waals surface area contributed by atoms with Crippen LogP contribution < -0.4 is 10.1 Å². The minimum Gasteiger partial charge on any atom is -0.481 e. The van der Waals surface area contributed by atoms with Gasteiger partial charge >= 0.3 is 5.97 Å². The van der Waals surface area contributed by atoms with E-state index in [0.29, 0.717) is 12.2 Å². The highest BCUT2D eigenvalue weighted by Gasteiger charge is 2.14. The van der Waals surface area contributed by atoms with Gasteiger partial charge in [-0.25, -0.2) is 0 Å². The van der Waals surface area contributed by atoms with Crippen LogP contribution in [-0.4, -0.2) is 30.8 Å². The Labute approximate surface area is 101 Å². The molecule has 2 N–H and O–H groups in total. The number of hydrogen-bond acceptors (Lipinski definition) is 3. The average molecular weight is 233 g/mol. The van der Waals surface area contributed by atoms with E-state index in [1.54, 1.807) is 19.2 Å². The fourth-order valence-electron chi connectivity index (χ4n) is 1.40. The van der Waals surface area contributed by atoms with Gasteiger partial charge in [-0.1, -0.05) is 18.1 Å². The Hall–Kier alpha value is -1.99. The summed E-state index contributed by atoms with van der Waals surface area (Å²) in [6.45, 7) is 0.230. The maximum atomic E-state index is 10.8. The Morgan fingerprint density at radius 1 is 1.53 bits per heavy atom. The molecule has 0 spiro atoms. The summed E-state index contributed by atoms with van der Waals surface area (Å²) in [7, 11) is 1.63. The van der Waals surface area contributed by atoms with Crippen molar-refractivity contribution in [3.05, 3.63) is 29.8 Å². The van der Waals surface area contributed by atoms with E-state index in [2.05, 4.69) is 11.2 Å². The van der Waals surface area contributed by atoms with Gasteiger partial charge in [-0.3, -0.25) is 4.79 Å². The van der Waals surface area contributed by atoms with Crippen molar-refractivity contribution in [1.82, 2.24) is 5.32 Å². The lowest BCUT2D eigenvalue weighted by molar-refractivity contribution is -0.139. The summed E-state index contributed by atoms with van der Waals surface area (Å²) in [6.07, 6.45) is 5.51. The summed E-state index contributed by atoms with van der Waals surface area (Å²) in [5.41, 5.74) is 0.930. The zero-order chi connectivity index (χ0) is 12.7. The number of aliphatic carboxylic acids is 1. The van der Waals surface area contributed by atoms with Gasteiger partial charge in [0.05, 0.1) is 0 Å². The van der Waals surface area contributed by atoms with Crippen LogP contribution >= 0.6 is 0 Å². The number of nitrogens with one attached hydrogen (secondary N) is 1. The molecule has 0 bridgehead atoms. The molecule has 0 amide bonds. The Morgan fingerprint density at radius 3 is 2.65 bits per heavy atom. The molecule has 0 fully saturated rings. The van der Waals surface area contributed by atoms with Crippen molar-refractivity contribution in [1.29, 1.82) is 0 Å². The number of ether oxygens (including phenoxy) is 1. The van der Waals surface area contributed by atoms with Crippen molar-refractivity contribution in [2.24, 2.45) is 0 Å². The first-order valence-corrected chi connectivity index (χ1v) is 5.22. The van der Waals surface area contributed by atoms with Crippen LogP contribution in [0.2, 0.25) is 0 Å². The monoisotopic (exact) mass is 233 g/mol. The van der Waals surface area contributed by atoms with Crippen molar-refractivity contribution >= 4 is 5.97 Å². The van der Waals surface area contributed by atoms with Gasteiger partial charge in [-0.05, 0) is 31.2 Å². The Bertz CT molecular complexity index is 406. The topological polar surface area (TPSA) is 58.6 Å². The van der Waals surface area contributed by atoms with Crippen LogP contribution in [0, 0.1) is 12.3 Å². The summed E-state index contributed by atoms with van der Waals surface area (Å²) in [5.74, 6) is 2.20. The van der Waals surface area contributed by atoms with Crippen molar-refractivity contribution in [2.45, 2.75) is 12.5 Å². The maximum Gasteiger partial charge on any atom is 0.321 e. The number of benzene rings is 1. The highest BCUT2D eigenvalue weighted by atomic mass is 16.5. The van der Waals surface area contributed by atoms with Crippen LogP contribution in [0.15, 0.2) is 24.3 Å². The zero-order valence-electron chi connectivity index (χ0n) is 9.64. The number of hydrogen-bond donors (Lipinski definition) is 2. The highest BCUT2D eigenvalue weighted by molar-refractivity contribution is 5.73. The van der Waals surface area contributed by atoms with E-state index < -0.39 is 12.0 Å². The molecular formula is C13H15NO3. The molecule has 4 nitrogen and oxygen atoms in total. The summed E-state index contributed by atoms with van der Waals surface area (Å²) in [4.78, 5) is 10.8. The smallest absolute Gasteiger partial charge is 0.321 e. The first-order valence-electron chi connectivity index (χ1n) is 5.22. The van der Waals surface area contributed by atoms with Gasteiger partial charge in [0, 0.05) is 0 Å². The maximum absolute atomic E-state index is 10.8. The van der Waals surface area contributed by atoms with E-state index in [0.717, 1.165) is 5.56 Å². The minimum absolute atomic E-state index is 0.230. The quantitative estimate of drug-likeness (QED) is 0.717. The molecule has 0 aromatic heterocycles. The molecule has 4 heteroatoms. The molecule has 0 aliphatic rings. The largest absolute Gasteiger partial charge is 0.481 e. The molecule has 0 unspecified atom stereocenters. The first-order chi connectivity index (χ1) is 8.17. The molecule has 0 heterocycles. The predicted molar refractivity (Wildman–Crippen MR) is 65.0 cm³/mol. The Morgan fingerprint density at radius 2 is 2.18 bits per heavy atom. The van der Waals surface area contributed by atoms with E-state index in [-0.39, 0.29) is 6.61 Å². The number of carboxylic acid groups (broad SMARTS) is 1. The van der Waals surface area contributed by atoms with Crippen LogP contribution in [0.25, 0.3) is 0 Å². The molecule has 0 aliphatic carbocycles. The molecule has 1 atom stereocenters.